The Balaban J connectivity index is 1.48. The Morgan fingerprint density at radius 3 is 2.24 bits per heavy atom. The van der Waals surface area contributed by atoms with Gasteiger partial charge in [-0.15, -0.1) is 0 Å². The number of fused-ring (bicyclic) bond motifs is 3. The predicted molar refractivity (Wildman–Crippen MR) is 273 cm³/mol. The first-order valence-electron chi connectivity index (χ1n) is 26.2. The average Bonchev–Trinajstić information content (AvgIpc) is 3.33. The molecule has 3 fully saturated rings. The van der Waals surface area contributed by atoms with Crippen molar-refractivity contribution in [3.05, 3.63) is 77.4 Å². The highest BCUT2D eigenvalue weighted by atomic mass is 16.6. The van der Waals surface area contributed by atoms with E-state index in [4.69, 9.17) is 18.9 Å². The Bertz CT molecular complexity index is 2010. The molecule has 0 spiro atoms. The number of ether oxygens (including phenoxy) is 4. The summed E-state index contributed by atoms with van der Waals surface area (Å²) in [6.45, 7) is 15.7. The SMILES string of the molecule is CO[C@@H]1C[C@@H](C[C@@H](C)[C@@H]2CC[C@H](C)/C=C(\C)[C@@H](O)[C@@H](OC)C(=O)[C@H](C)C[C@H](C)/C=C/C=C/C=C(\C)[C@H](Nc3ccc(C)cc3)C[C@@H]3CC[C@@H](C)[C@@](O)(O3)C(=O)C(=O)N3CCCC[C@H]3C(=O)O2)CC[C@H]1O. The van der Waals surface area contributed by atoms with E-state index in [0.717, 1.165) is 29.7 Å². The second kappa shape index (κ2) is 26.6. The number of carbonyl (C=O) groups is 4. The number of anilines is 1. The van der Waals surface area contributed by atoms with Crippen molar-refractivity contribution in [2.24, 2.45) is 35.5 Å². The van der Waals surface area contributed by atoms with E-state index in [2.05, 4.69) is 25.2 Å². The number of methoxy groups -OCH3 is 2. The van der Waals surface area contributed by atoms with Crippen LogP contribution in [0, 0.1) is 42.4 Å². The molecule has 13 heteroatoms. The summed E-state index contributed by atoms with van der Waals surface area (Å²) in [6, 6.07) is 6.78. The fourth-order valence-electron chi connectivity index (χ4n) is 11.1. The molecule has 3 aliphatic heterocycles. The van der Waals surface area contributed by atoms with Gasteiger partial charge in [-0.2, -0.15) is 0 Å². The predicted octanol–water partition coefficient (Wildman–Crippen LogP) is 8.78. The number of nitrogens with zero attached hydrogens (tertiary/aromatic N) is 1. The smallest absolute Gasteiger partial charge is 0.329 e. The summed E-state index contributed by atoms with van der Waals surface area (Å²) in [6.07, 6.45) is 15.1. The van der Waals surface area contributed by atoms with Gasteiger partial charge in [-0.05, 0) is 146 Å². The maximum Gasteiger partial charge on any atom is 0.329 e. The van der Waals surface area contributed by atoms with E-state index in [0.29, 0.717) is 76.2 Å². The maximum atomic E-state index is 14.5. The summed E-state index contributed by atoms with van der Waals surface area (Å²) in [5.74, 6) is -6.13. The van der Waals surface area contributed by atoms with Gasteiger partial charge in [0.1, 0.15) is 24.4 Å². The lowest BCUT2D eigenvalue weighted by atomic mass is 9.78. The molecule has 1 aliphatic carbocycles. The van der Waals surface area contributed by atoms with Gasteiger partial charge in [0, 0.05) is 44.3 Å². The highest BCUT2D eigenvalue weighted by Crippen LogP contribution is 2.38. The van der Waals surface area contributed by atoms with Crippen LogP contribution in [0.4, 0.5) is 5.69 Å². The van der Waals surface area contributed by atoms with Crippen LogP contribution in [0.1, 0.15) is 138 Å². The van der Waals surface area contributed by atoms with Gasteiger partial charge >= 0.3 is 5.97 Å². The molecular formula is C57H86N2O11. The van der Waals surface area contributed by atoms with Crippen LogP contribution in [0.5, 0.6) is 0 Å². The lowest BCUT2D eigenvalue weighted by Crippen LogP contribution is -2.61. The minimum Gasteiger partial charge on any atom is -0.461 e. The number of allylic oxidation sites excluding steroid dienone is 6. The molecule has 1 aromatic carbocycles. The van der Waals surface area contributed by atoms with Crippen LogP contribution >= 0.6 is 0 Å². The van der Waals surface area contributed by atoms with Crippen LogP contribution in [0.3, 0.4) is 0 Å². The summed E-state index contributed by atoms with van der Waals surface area (Å²) >= 11 is 0. The number of rotatable bonds is 7. The van der Waals surface area contributed by atoms with Crippen LogP contribution in [0.2, 0.25) is 0 Å². The van der Waals surface area contributed by atoms with E-state index in [1.165, 1.54) is 12.0 Å². The van der Waals surface area contributed by atoms with Crippen molar-refractivity contribution in [2.75, 3.05) is 26.1 Å². The zero-order chi connectivity index (χ0) is 51.3. The van der Waals surface area contributed by atoms with Gasteiger partial charge in [-0.25, -0.2) is 4.79 Å². The molecule has 2 bridgehead atoms. The molecule has 1 amide bonds. The normalized spacial score (nSPS) is 38.2. The summed E-state index contributed by atoms with van der Waals surface area (Å²) in [4.78, 5) is 58.5. The number of amides is 1. The number of piperidine rings is 1. The van der Waals surface area contributed by atoms with Crippen LogP contribution in [0.15, 0.2) is 71.9 Å². The van der Waals surface area contributed by atoms with Crippen molar-refractivity contribution in [1.82, 2.24) is 4.90 Å². The molecule has 5 rings (SSSR count). The molecule has 0 aromatic heterocycles. The van der Waals surface area contributed by atoms with Crippen LogP contribution < -0.4 is 5.32 Å². The largest absolute Gasteiger partial charge is 0.461 e. The number of aliphatic hydroxyl groups excluding tert-OH is 2. The van der Waals surface area contributed by atoms with Crippen molar-refractivity contribution in [2.45, 2.75) is 193 Å². The second-order valence-corrected chi connectivity index (χ2v) is 21.5. The fraction of sp³-hybridized carbons (Fsp3) is 0.684. The maximum absolute atomic E-state index is 14.5. The number of hydrogen-bond acceptors (Lipinski definition) is 12. The Labute approximate surface area is 418 Å². The summed E-state index contributed by atoms with van der Waals surface area (Å²) in [7, 11) is 3.06. The Morgan fingerprint density at radius 1 is 0.814 bits per heavy atom. The van der Waals surface area contributed by atoms with Crippen molar-refractivity contribution in [3.63, 3.8) is 0 Å². The first-order valence-corrected chi connectivity index (χ1v) is 26.2. The van der Waals surface area contributed by atoms with E-state index in [1.54, 1.807) is 21.0 Å². The number of cyclic esters (lactones) is 1. The molecule has 1 saturated carbocycles. The lowest BCUT2D eigenvalue weighted by molar-refractivity contribution is -0.263. The zero-order valence-corrected chi connectivity index (χ0v) is 43.8. The fourth-order valence-corrected chi connectivity index (χ4v) is 11.1. The highest BCUT2D eigenvalue weighted by Gasteiger charge is 2.53. The Kier molecular flexibility index (Phi) is 21.7. The standard InChI is InChI=1S/C57H86N2O11/c1-35-19-24-44(25-20-35)58-46-34-45-26-22-42(8)57(66,70-45)54(63)55(64)59-29-15-14-18-47(59)56(65)69-49(39(5)32-43-23-27-48(60)50(33-43)67-9)28-21-37(3)31-41(7)52(62)53(68-10)51(61)40(6)30-36(2)16-12-11-13-17-38(46)4/h11-13,16-17,19-20,24-25,31,36-37,39-40,42-43,45-50,52-53,58,60,62,66H,14-15,18,21-23,26-30,32-34H2,1-10H3/b13-11+,16-12+,38-17+,41-31+/t36-,37+,39-,40-,42-,43-,45+,46-,47+,48-,49+,50-,52-,53+,57-/m1/s1. The Morgan fingerprint density at radius 2 is 1.54 bits per heavy atom. The molecular weight excluding hydrogens is 889 g/mol. The molecule has 390 valence electrons. The molecule has 4 aliphatic rings. The van der Waals surface area contributed by atoms with Crippen LogP contribution in [0.25, 0.3) is 0 Å². The molecule has 15 atom stereocenters. The minimum absolute atomic E-state index is 0.0578. The molecule has 4 N–H and O–H groups in total. The zero-order valence-electron chi connectivity index (χ0n) is 43.8. The summed E-state index contributed by atoms with van der Waals surface area (Å²) in [5, 5.41) is 37.9. The summed E-state index contributed by atoms with van der Waals surface area (Å²) < 4.78 is 24.1. The van der Waals surface area contributed by atoms with E-state index in [1.807, 2.05) is 82.3 Å². The van der Waals surface area contributed by atoms with Gasteiger partial charge < -0.3 is 44.5 Å². The third-order valence-corrected chi connectivity index (χ3v) is 15.7. The van der Waals surface area contributed by atoms with E-state index >= 15 is 0 Å². The first kappa shape index (κ1) is 56.9. The van der Waals surface area contributed by atoms with Crippen LogP contribution in [-0.2, 0) is 38.1 Å². The molecule has 1 aromatic rings. The van der Waals surface area contributed by atoms with Gasteiger partial charge in [0.25, 0.3) is 11.7 Å². The number of esters is 1. The molecule has 0 radical (unpaired) electrons. The molecule has 3 heterocycles. The van der Waals surface area contributed by atoms with E-state index < -0.39 is 65.9 Å². The van der Waals surface area contributed by atoms with Gasteiger partial charge in [0.05, 0.1) is 18.3 Å². The van der Waals surface area contributed by atoms with Gasteiger partial charge in [-0.3, -0.25) is 14.4 Å². The number of benzene rings is 1. The number of aliphatic hydroxyl groups is 3. The van der Waals surface area contributed by atoms with Gasteiger partial charge in [0.15, 0.2) is 5.78 Å². The monoisotopic (exact) mass is 975 g/mol. The van der Waals surface area contributed by atoms with Crippen molar-refractivity contribution < 1.29 is 53.4 Å². The molecule has 70 heavy (non-hydrogen) atoms. The van der Waals surface area contributed by atoms with Gasteiger partial charge in [-0.1, -0.05) is 94.3 Å². The average molecular weight is 975 g/mol. The third kappa shape index (κ3) is 15.3. The lowest BCUT2D eigenvalue weighted by Gasteiger charge is -2.43. The molecule has 0 unspecified atom stereocenters. The number of nitrogens with one attached hydrogen (secondary N) is 1. The first-order chi connectivity index (χ1) is 33.3. The number of ketones is 2. The highest BCUT2D eigenvalue weighted by molar-refractivity contribution is 6.39. The van der Waals surface area contributed by atoms with Crippen molar-refractivity contribution in [1.29, 1.82) is 0 Å². The quantitative estimate of drug-likeness (QED) is 0.116. The topological polar surface area (TPSA) is 181 Å². The van der Waals surface area contributed by atoms with Crippen molar-refractivity contribution >= 4 is 29.1 Å². The van der Waals surface area contributed by atoms with E-state index in [-0.39, 0.29) is 54.1 Å². The summed E-state index contributed by atoms with van der Waals surface area (Å²) in [5.41, 5.74) is 3.61. The number of aryl methyl sites for hydroxylation is 1. The van der Waals surface area contributed by atoms with Gasteiger partial charge in [0.2, 0.25) is 5.79 Å². The van der Waals surface area contributed by atoms with E-state index in [9.17, 15) is 34.5 Å². The van der Waals surface area contributed by atoms with Crippen LogP contribution in [-0.4, -0.2) is 119 Å². The number of Topliss-reactive ketones (excluding diaryl/α,β-unsaturated/α-hetero) is 2. The molecule has 2 saturated heterocycles. The Hall–Kier alpha value is -3.98. The number of carbonyl (C=O) groups excluding carboxylic acids is 4. The van der Waals surface area contributed by atoms with Crippen molar-refractivity contribution in [3.8, 4) is 0 Å². The number of hydrogen-bond donors (Lipinski definition) is 4. The third-order valence-electron chi connectivity index (χ3n) is 15.7. The minimum atomic E-state index is -2.40. The molecule has 13 nitrogen and oxygen atoms in total. The second-order valence-electron chi connectivity index (χ2n) is 21.5.